The molecular formula is C8H19NSi. The van der Waals surface area contributed by atoms with Crippen LogP contribution >= 0.6 is 0 Å². The van der Waals surface area contributed by atoms with Gasteiger partial charge in [0.15, 0.2) is 0 Å². The molecule has 0 heterocycles. The molecule has 0 amide bonds. The maximum Gasteiger partial charge on any atom is 0.0345 e. The first-order valence-electron chi connectivity index (χ1n) is 3.99. The van der Waals surface area contributed by atoms with Crippen LogP contribution in [0, 0.1) is 0 Å². The maximum absolute atomic E-state index is 3.98. The standard InChI is InChI=1S/C8H19NSi/c1-5-8(7(4)10)9-6(2)3/h6,8-9H,4-5H2,1-3,10H3. The van der Waals surface area contributed by atoms with Gasteiger partial charge in [-0.15, -0.1) is 6.58 Å². The van der Waals surface area contributed by atoms with E-state index < -0.39 is 0 Å². The lowest BCUT2D eigenvalue weighted by Gasteiger charge is -2.19. The average molecular weight is 157 g/mol. The monoisotopic (exact) mass is 157 g/mol. The molecule has 0 aromatic rings. The van der Waals surface area contributed by atoms with Gasteiger partial charge < -0.3 is 5.32 Å². The Labute approximate surface area is 67.3 Å². The van der Waals surface area contributed by atoms with E-state index in [4.69, 9.17) is 0 Å². The van der Waals surface area contributed by atoms with Crippen molar-refractivity contribution >= 4 is 10.2 Å². The molecule has 2 heteroatoms. The minimum atomic E-state index is 0.562. The predicted molar refractivity (Wildman–Crippen MR) is 51.4 cm³/mol. The third kappa shape index (κ3) is 3.85. The van der Waals surface area contributed by atoms with E-state index in [1.54, 1.807) is 0 Å². The van der Waals surface area contributed by atoms with Gasteiger partial charge in [0.05, 0.1) is 0 Å². The second kappa shape index (κ2) is 4.69. The Bertz CT molecular complexity index is 110. The van der Waals surface area contributed by atoms with E-state index in [9.17, 15) is 0 Å². The van der Waals surface area contributed by atoms with Crippen LogP contribution in [-0.2, 0) is 0 Å². The van der Waals surface area contributed by atoms with Crippen LogP contribution in [0.15, 0.2) is 11.8 Å². The van der Waals surface area contributed by atoms with Gasteiger partial charge in [-0.3, -0.25) is 0 Å². The molecule has 1 N–H and O–H groups in total. The Hall–Kier alpha value is -0.0831. The third-order valence-electron chi connectivity index (χ3n) is 1.54. The fourth-order valence-electron chi connectivity index (χ4n) is 1.01. The van der Waals surface area contributed by atoms with Gasteiger partial charge in [0.2, 0.25) is 0 Å². The van der Waals surface area contributed by atoms with Crippen LogP contribution in [0.3, 0.4) is 0 Å². The van der Waals surface area contributed by atoms with E-state index in [2.05, 4.69) is 32.7 Å². The zero-order valence-electron chi connectivity index (χ0n) is 7.57. The topological polar surface area (TPSA) is 12.0 Å². The molecule has 0 saturated heterocycles. The van der Waals surface area contributed by atoms with Crippen molar-refractivity contribution in [3.8, 4) is 0 Å². The van der Waals surface area contributed by atoms with Crippen molar-refractivity contribution in [2.24, 2.45) is 0 Å². The fourth-order valence-corrected chi connectivity index (χ4v) is 1.59. The lowest BCUT2D eigenvalue weighted by molar-refractivity contribution is 0.508. The molecule has 60 valence electrons. The number of hydrogen-bond donors (Lipinski definition) is 1. The SMILES string of the molecule is C=C([SiH3])C(CC)NC(C)C. The molecule has 0 bridgehead atoms. The summed E-state index contributed by atoms with van der Waals surface area (Å²) in [5.74, 6) is 0. The largest absolute Gasteiger partial charge is 0.308 e. The summed E-state index contributed by atoms with van der Waals surface area (Å²) in [6.45, 7) is 10.5. The highest BCUT2D eigenvalue weighted by molar-refractivity contribution is 6.21. The van der Waals surface area contributed by atoms with E-state index in [0.29, 0.717) is 12.1 Å². The number of rotatable bonds is 4. The van der Waals surface area contributed by atoms with Crippen LogP contribution in [0.25, 0.3) is 0 Å². The van der Waals surface area contributed by atoms with Crippen LogP contribution in [0.2, 0.25) is 0 Å². The molecule has 0 aromatic carbocycles. The summed E-state index contributed by atoms with van der Waals surface area (Å²) >= 11 is 0. The Morgan fingerprint density at radius 1 is 1.60 bits per heavy atom. The van der Waals surface area contributed by atoms with E-state index >= 15 is 0 Å². The second-order valence-corrected chi connectivity index (χ2v) is 4.41. The van der Waals surface area contributed by atoms with Crippen molar-refractivity contribution in [2.45, 2.75) is 39.3 Å². The quantitative estimate of drug-likeness (QED) is 0.591. The van der Waals surface area contributed by atoms with Crippen LogP contribution in [0.1, 0.15) is 27.2 Å². The summed E-state index contributed by atoms with van der Waals surface area (Å²) in [5.41, 5.74) is 0. The summed E-state index contributed by atoms with van der Waals surface area (Å²) in [6.07, 6.45) is 1.17. The van der Waals surface area contributed by atoms with Crippen LogP contribution < -0.4 is 5.32 Å². The van der Waals surface area contributed by atoms with E-state index in [1.807, 2.05) is 0 Å². The Balaban J connectivity index is 3.72. The van der Waals surface area contributed by atoms with Crippen LogP contribution in [-0.4, -0.2) is 22.3 Å². The van der Waals surface area contributed by atoms with Gasteiger partial charge in [-0.1, -0.05) is 26.0 Å². The van der Waals surface area contributed by atoms with Crippen molar-refractivity contribution in [3.63, 3.8) is 0 Å². The molecule has 0 fully saturated rings. The fraction of sp³-hybridized carbons (Fsp3) is 0.750. The summed E-state index contributed by atoms with van der Waals surface area (Å²) in [5, 5.41) is 4.84. The third-order valence-corrected chi connectivity index (χ3v) is 2.23. The highest BCUT2D eigenvalue weighted by atomic mass is 28.1. The molecule has 1 nitrogen and oxygen atoms in total. The Kier molecular flexibility index (Phi) is 4.65. The van der Waals surface area contributed by atoms with Crippen molar-refractivity contribution in [3.05, 3.63) is 11.8 Å². The first-order chi connectivity index (χ1) is 4.57. The molecule has 0 spiro atoms. The highest BCUT2D eigenvalue weighted by Gasteiger charge is 2.05. The molecule has 10 heavy (non-hydrogen) atoms. The lowest BCUT2D eigenvalue weighted by Crippen LogP contribution is -2.35. The van der Waals surface area contributed by atoms with Crippen LogP contribution in [0.5, 0.6) is 0 Å². The average Bonchev–Trinajstić information content (AvgIpc) is 1.81. The van der Waals surface area contributed by atoms with Gasteiger partial charge >= 0.3 is 0 Å². The zero-order chi connectivity index (χ0) is 8.15. The van der Waals surface area contributed by atoms with Gasteiger partial charge in [0, 0.05) is 22.3 Å². The zero-order valence-corrected chi connectivity index (χ0v) is 9.57. The molecule has 0 radical (unpaired) electrons. The second-order valence-electron chi connectivity index (χ2n) is 3.13. The van der Waals surface area contributed by atoms with E-state index in [0.717, 1.165) is 10.2 Å². The van der Waals surface area contributed by atoms with Crippen molar-refractivity contribution in [2.75, 3.05) is 0 Å². The molecule has 0 aliphatic carbocycles. The summed E-state index contributed by atoms with van der Waals surface area (Å²) in [7, 11) is 1.11. The lowest BCUT2D eigenvalue weighted by atomic mass is 10.2. The maximum atomic E-state index is 3.98. The molecule has 1 unspecified atom stereocenters. The van der Waals surface area contributed by atoms with Gasteiger partial charge in [-0.25, -0.2) is 0 Å². The first-order valence-corrected chi connectivity index (χ1v) is 4.99. The van der Waals surface area contributed by atoms with Crippen molar-refractivity contribution in [1.29, 1.82) is 0 Å². The molecule has 1 atom stereocenters. The number of nitrogens with one attached hydrogen (secondary N) is 1. The summed E-state index contributed by atoms with van der Waals surface area (Å²) < 4.78 is 0. The molecule has 0 rings (SSSR count). The Morgan fingerprint density at radius 2 is 2.10 bits per heavy atom. The molecule has 0 aliphatic heterocycles. The molecule has 0 aliphatic rings. The first kappa shape index (κ1) is 9.92. The summed E-state index contributed by atoms with van der Waals surface area (Å²) in [4.78, 5) is 0. The van der Waals surface area contributed by atoms with Gasteiger partial charge in [-0.05, 0) is 6.42 Å². The predicted octanol–water partition coefficient (Wildman–Crippen LogP) is 0.642. The number of hydrogen-bond acceptors (Lipinski definition) is 1. The van der Waals surface area contributed by atoms with Gasteiger partial charge in [0.1, 0.15) is 0 Å². The van der Waals surface area contributed by atoms with Gasteiger partial charge in [0.25, 0.3) is 0 Å². The Morgan fingerprint density at radius 3 is 2.20 bits per heavy atom. The van der Waals surface area contributed by atoms with Gasteiger partial charge in [-0.2, -0.15) is 0 Å². The molecule has 0 aromatic heterocycles. The molecular weight excluding hydrogens is 138 g/mol. The normalized spacial score (nSPS) is 14.0. The van der Waals surface area contributed by atoms with Crippen LogP contribution in [0.4, 0.5) is 0 Å². The minimum absolute atomic E-state index is 0.562. The van der Waals surface area contributed by atoms with E-state index in [1.165, 1.54) is 11.6 Å². The smallest absolute Gasteiger partial charge is 0.0345 e. The summed E-state index contributed by atoms with van der Waals surface area (Å²) in [6, 6.07) is 1.14. The minimum Gasteiger partial charge on any atom is -0.308 e. The van der Waals surface area contributed by atoms with Crippen molar-refractivity contribution < 1.29 is 0 Å². The molecule has 0 saturated carbocycles. The highest BCUT2D eigenvalue weighted by Crippen LogP contribution is 2.00. The van der Waals surface area contributed by atoms with Crippen molar-refractivity contribution in [1.82, 2.24) is 5.32 Å². The van der Waals surface area contributed by atoms with E-state index in [-0.39, 0.29) is 0 Å².